The van der Waals surface area contributed by atoms with Gasteiger partial charge in [0.1, 0.15) is 23.7 Å². The first-order valence-electron chi connectivity index (χ1n) is 12.4. The third kappa shape index (κ3) is 6.88. The molecular formula is C29H34N4O2. The molecule has 0 atom stereocenters. The van der Waals surface area contributed by atoms with Gasteiger partial charge in [-0.2, -0.15) is 5.26 Å². The topological polar surface area (TPSA) is 71.3 Å². The minimum absolute atomic E-state index is 0.0923. The van der Waals surface area contributed by atoms with Gasteiger partial charge < -0.3 is 14.4 Å². The van der Waals surface area contributed by atoms with E-state index in [1.165, 1.54) is 16.7 Å². The average Bonchev–Trinajstić information content (AvgIpc) is 2.87. The number of ether oxygens (including phenoxy) is 2. The van der Waals surface area contributed by atoms with E-state index in [9.17, 15) is 5.26 Å². The molecule has 3 aromatic rings. The number of aromatic nitrogens is 2. The SMILES string of the molecule is Cc1ccc(Cc2nccc(-c3ccc(OC4CCOCC4)c(C#N)c3)n2)cc1CCCN(C)C. The number of nitriles is 1. The van der Waals surface area contributed by atoms with E-state index in [1.807, 2.05) is 24.3 Å². The number of hydrogen-bond donors (Lipinski definition) is 0. The molecule has 1 aromatic heterocycles. The maximum Gasteiger partial charge on any atom is 0.137 e. The van der Waals surface area contributed by atoms with Gasteiger partial charge in [0.05, 0.1) is 24.5 Å². The predicted octanol–water partition coefficient (Wildman–Crippen LogP) is 4.97. The summed E-state index contributed by atoms with van der Waals surface area (Å²) in [7, 11) is 4.22. The zero-order chi connectivity index (χ0) is 24.6. The van der Waals surface area contributed by atoms with Gasteiger partial charge in [-0.3, -0.25) is 0 Å². The van der Waals surface area contributed by atoms with Crippen molar-refractivity contribution < 1.29 is 9.47 Å². The van der Waals surface area contributed by atoms with Crippen molar-refractivity contribution in [2.45, 2.75) is 45.1 Å². The Hall–Kier alpha value is -3.27. The summed E-state index contributed by atoms with van der Waals surface area (Å²) in [5, 5.41) is 9.72. The molecule has 0 bridgehead atoms. The maximum atomic E-state index is 9.72. The summed E-state index contributed by atoms with van der Waals surface area (Å²) in [6.45, 7) is 4.66. The van der Waals surface area contributed by atoms with Gasteiger partial charge in [-0.25, -0.2) is 9.97 Å². The maximum absolute atomic E-state index is 9.72. The summed E-state index contributed by atoms with van der Waals surface area (Å²) in [6, 6.07) is 16.5. The molecule has 2 heterocycles. The molecule has 0 aliphatic carbocycles. The molecule has 4 rings (SSSR count). The molecule has 182 valence electrons. The van der Waals surface area contributed by atoms with Crippen LogP contribution in [0.15, 0.2) is 48.7 Å². The van der Waals surface area contributed by atoms with Gasteiger partial charge in [0.2, 0.25) is 0 Å². The molecular weight excluding hydrogens is 436 g/mol. The molecule has 6 heteroatoms. The summed E-state index contributed by atoms with van der Waals surface area (Å²) in [5.41, 5.74) is 6.15. The van der Waals surface area contributed by atoms with Crippen molar-refractivity contribution in [3.05, 3.63) is 76.7 Å². The lowest BCUT2D eigenvalue weighted by Gasteiger charge is -2.23. The second-order valence-corrected chi connectivity index (χ2v) is 9.45. The Kier molecular flexibility index (Phi) is 8.46. The summed E-state index contributed by atoms with van der Waals surface area (Å²) < 4.78 is 11.5. The Bertz CT molecular complexity index is 1180. The number of benzene rings is 2. The van der Waals surface area contributed by atoms with Crippen molar-refractivity contribution in [2.24, 2.45) is 0 Å². The molecule has 0 radical (unpaired) electrons. The molecule has 2 aromatic carbocycles. The largest absolute Gasteiger partial charge is 0.489 e. The Morgan fingerprint density at radius 3 is 2.71 bits per heavy atom. The summed E-state index contributed by atoms with van der Waals surface area (Å²) in [5.74, 6) is 1.39. The molecule has 6 nitrogen and oxygen atoms in total. The van der Waals surface area contributed by atoms with Crippen LogP contribution in [0.4, 0.5) is 0 Å². The molecule has 0 amide bonds. The Morgan fingerprint density at radius 2 is 1.94 bits per heavy atom. The van der Waals surface area contributed by atoms with Crippen molar-refractivity contribution in [3.63, 3.8) is 0 Å². The lowest BCUT2D eigenvalue weighted by atomic mass is 9.99. The van der Waals surface area contributed by atoms with Gasteiger partial charge in [-0.15, -0.1) is 0 Å². The average molecular weight is 471 g/mol. The Balaban J connectivity index is 1.48. The van der Waals surface area contributed by atoms with Crippen LogP contribution in [-0.4, -0.2) is 54.8 Å². The van der Waals surface area contributed by atoms with Gasteiger partial charge >= 0.3 is 0 Å². The smallest absolute Gasteiger partial charge is 0.137 e. The second kappa shape index (κ2) is 11.9. The van der Waals surface area contributed by atoms with E-state index in [4.69, 9.17) is 14.5 Å². The van der Waals surface area contributed by atoms with Gasteiger partial charge in [0.15, 0.2) is 0 Å². The highest BCUT2D eigenvalue weighted by molar-refractivity contribution is 5.64. The van der Waals surface area contributed by atoms with E-state index < -0.39 is 0 Å². The van der Waals surface area contributed by atoms with Crippen LogP contribution in [0.25, 0.3) is 11.3 Å². The predicted molar refractivity (Wildman–Crippen MR) is 138 cm³/mol. The van der Waals surface area contributed by atoms with Crippen LogP contribution in [0.3, 0.4) is 0 Å². The van der Waals surface area contributed by atoms with E-state index in [2.05, 4.69) is 55.2 Å². The highest BCUT2D eigenvalue weighted by atomic mass is 16.5. The van der Waals surface area contributed by atoms with Gasteiger partial charge in [-0.05, 0) is 81.4 Å². The van der Waals surface area contributed by atoms with E-state index in [0.29, 0.717) is 30.9 Å². The standard InChI is InChI=1S/C29H34N4O2/c1-21-6-7-22(17-23(21)5-4-14-33(2)3)18-29-31-13-10-27(32-29)24-8-9-28(25(19-24)20-30)35-26-11-15-34-16-12-26/h6-10,13,17,19,26H,4-5,11-12,14-16,18H2,1-3H3. The fourth-order valence-electron chi connectivity index (χ4n) is 4.37. The molecule has 0 N–H and O–H groups in total. The van der Waals surface area contributed by atoms with Crippen molar-refractivity contribution >= 4 is 0 Å². The summed E-state index contributed by atoms with van der Waals surface area (Å²) >= 11 is 0. The molecule has 1 aliphatic heterocycles. The first-order chi connectivity index (χ1) is 17.0. The van der Waals surface area contributed by atoms with Gasteiger partial charge in [0.25, 0.3) is 0 Å². The van der Waals surface area contributed by atoms with Crippen LogP contribution >= 0.6 is 0 Å². The molecule has 0 unspecified atom stereocenters. The molecule has 1 saturated heterocycles. The number of nitrogens with zero attached hydrogens (tertiary/aromatic N) is 4. The molecule has 0 spiro atoms. The van der Waals surface area contributed by atoms with Crippen molar-refractivity contribution in [3.8, 4) is 23.1 Å². The van der Waals surface area contributed by atoms with Crippen LogP contribution in [0.5, 0.6) is 5.75 Å². The minimum Gasteiger partial charge on any atom is -0.489 e. The van der Waals surface area contributed by atoms with Gasteiger partial charge in [0, 0.05) is 31.0 Å². The van der Waals surface area contributed by atoms with E-state index >= 15 is 0 Å². The van der Waals surface area contributed by atoms with Crippen LogP contribution in [0.2, 0.25) is 0 Å². The molecule has 35 heavy (non-hydrogen) atoms. The highest BCUT2D eigenvalue weighted by Crippen LogP contribution is 2.28. The minimum atomic E-state index is 0.0923. The fourth-order valence-corrected chi connectivity index (χ4v) is 4.37. The normalized spacial score (nSPS) is 14.1. The third-order valence-corrected chi connectivity index (χ3v) is 6.39. The Labute approximate surface area is 208 Å². The summed E-state index contributed by atoms with van der Waals surface area (Å²) in [4.78, 5) is 11.5. The second-order valence-electron chi connectivity index (χ2n) is 9.45. The lowest BCUT2D eigenvalue weighted by molar-refractivity contribution is 0.0254. The van der Waals surface area contributed by atoms with Crippen LogP contribution in [-0.2, 0) is 17.6 Å². The van der Waals surface area contributed by atoms with Crippen LogP contribution in [0.1, 0.15) is 47.3 Å². The van der Waals surface area contributed by atoms with Crippen molar-refractivity contribution in [1.82, 2.24) is 14.9 Å². The number of hydrogen-bond acceptors (Lipinski definition) is 6. The van der Waals surface area contributed by atoms with E-state index in [0.717, 1.165) is 49.3 Å². The summed E-state index contributed by atoms with van der Waals surface area (Å²) in [6.07, 6.45) is 6.45. The fraction of sp³-hybridized carbons (Fsp3) is 0.414. The highest BCUT2D eigenvalue weighted by Gasteiger charge is 2.17. The van der Waals surface area contributed by atoms with Crippen molar-refractivity contribution in [2.75, 3.05) is 33.9 Å². The van der Waals surface area contributed by atoms with Crippen LogP contribution in [0, 0.1) is 18.3 Å². The molecule has 1 fully saturated rings. The third-order valence-electron chi connectivity index (χ3n) is 6.39. The Morgan fingerprint density at radius 1 is 1.11 bits per heavy atom. The molecule has 0 saturated carbocycles. The van der Waals surface area contributed by atoms with E-state index in [1.54, 1.807) is 6.20 Å². The van der Waals surface area contributed by atoms with Crippen LogP contribution < -0.4 is 4.74 Å². The zero-order valence-corrected chi connectivity index (χ0v) is 21.0. The zero-order valence-electron chi connectivity index (χ0n) is 21.0. The van der Waals surface area contributed by atoms with E-state index in [-0.39, 0.29) is 6.10 Å². The van der Waals surface area contributed by atoms with Crippen molar-refractivity contribution in [1.29, 1.82) is 5.26 Å². The first kappa shape index (κ1) is 24.8. The quantitative estimate of drug-likeness (QED) is 0.440. The number of rotatable bonds is 9. The molecule has 1 aliphatic rings. The monoisotopic (exact) mass is 470 g/mol. The lowest BCUT2D eigenvalue weighted by Crippen LogP contribution is -2.26. The van der Waals surface area contributed by atoms with Gasteiger partial charge in [-0.1, -0.05) is 18.2 Å². The first-order valence-corrected chi connectivity index (χ1v) is 12.4. The number of aryl methyl sites for hydroxylation is 2.